The van der Waals surface area contributed by atoms with Crippen LogP contribution in [0.5, 0.6) is 0 Å². The highest BCUT2D eigenvalue weighted by Crippen LogP contribution is 1.91. The Bertz CT molecular complexity index is 38.5. The molecule has 37 valence electrons. The Morgan fingerprint density at radius 2 is 1.50 bits per heavy atom. The van der Waals surface area contributed by atoms with Crippen molar-refractivity contribution < 1.29 is 15.3 Å². The Hall–Kier alpha value is 0.230. The minimum atomic E-state index is -2.64. The van der Waals surface area contributed by atoms with Crippen molar-refractivity contribution in [3.05, 3.63) is 0 Å². The van der Waals surface area contributed by atoms with Gasteiger partial charge in [-0.2, -0.15) is 0 Å². The molecule has 0 spiro atoms. The SMILES string of the molecule is OC(O)(O)C[S]. The predicted molar refractivity (Wildman–Crippen MR) is 21.8 cm³/mol. The Kier molecular flexibility index (Phi) is 1.86. The molecule has 0 bridgehead atoms. The van der Waals surface area contributed by atoms with Gasteiger partial charge in [-0.15, -0.1) is 0 Å². The normalized spacial score (nSPS) is 12.0. The van der Waals surface area contributed by atoms with Crippen LogP contribution >= 0.6 is 12.6 Å². The van der Waals surface area contributed by atoms with Crippen molar-refractivity contribution in [2.45, 2.75) is 5.97 Å². The smallest absolute Gasteiger partial charge is 0.285 e. The molecule has 0 aromatic carbocycles. The van der Waals surface area contributed by atoms with Gasteiger partial charge in [0.15, 0.2) is 0 Å². The summed E-state index contributed by atoms with van der Waals surface area (Å²) in [5.41, 5.74) is 0. The fourth-order valence-electron chi connectivity index (χ4n) is 0. The molecular formula is C2H5O3S. The number of rotatable bonds is 1. The second-order valence-corrected chi connectivity index (χ2v) is 1.21. The Morgan fingerprint density at radius 3 is 1.50 bits per heavy atom. The van der Waals surface area contributed by atoms with Gasteiger partial charge in [0.05, 0.1) is 5.75 Å². The molecule has 0 unspecified atom stereocenters. The lowest BCUT2D eigenvalue weighted by Gasteiger charge is -2.06. The van der Waals surface area contributed by atoms with Crippen molar-refractivity contribution in [2.75, 3.05) is 5.75 Å². The molecule has 1 radical (unpaired) electrons. The highest BCUT2D eigenvalue weighted by Gasteiger charge is 2.13. The number of aliphatic hydroxyl groups is 3. The summed E-state index contributed by atoms with van der Waals surface area (Å²) in [6, 6.07) is 0. The lowest BCUT2D eigenvalue weighted by atomic mass is 10.7. The standard InChI is InChI=1S/C2H5O3S/c3-2(4,5)1-6/h3-5H,1H2. The van der Waals surface area contributed by atoms with Gasteiger partial charge in [0.25, 0.3) is 5.97 Å². The summed E-state index contributed by atoms with van der Waals surface area (Å²) in [6.45, 7) is 0. The number of hydrogen-bond acceptors (Lipinski definition) is 3. The maximum Gasteiger partial charge on any atom is 0.285 e. The molecule has 0 rings (SSSR count). The van der Waals surface area contributed by atoms with Crippen molar-refractivity contribution >= 4 is 12.6 Å². The lowest BCUT2D eigenvalue weighted by Crippen LogP contribution is -2.28. The van der Waals surface area contributed by atoms with Gasteiger partial charge in [0.2, 0.25) is 0 Å². The number of hydrogen-bond donors (Lipinski definition) is 3. The Labute approximate surface area is 40.6 Å². The first-order valence-corrected chi connectivity index (χ1v) is 1.89. The third-order valence-corrected chi connectivity index (χ3v) is 0.581. The van der Waals surface area contributed by atoms with E-state index in [0.29, 0.717) is 0 Å². The van der Waals surface area contributed by atoms with Gasteiger partial charge < -0.3 is 15.3 Å². The van der Waals surface area contributed by atoms with E-state index in [1.807, 2.05) is 0 Å². The predicted octanol–water partition coefficient (Wildman–Crippen LogP) is -1.19. The van der Waals surface area contributed by atoms with Gasteiger partial charge in [-0.05, 0) is 0 Å². The van der Waals surface area contributed by atoms with Crippen LogP contribution in [-0.4, -0.2) is 27.0 Å². The van der Waals surface area contributed by atoms with Crippen molar-refractivity contribution in [2.24, 2.45) is 0 Å². The van der Waals surface area contributed by atoms with Gasteiger partial charge in [-0.25, -0.2) is 0 Å². The van der Waals surface area contributed by atoms with Crippen LogP contribution in [0.1, 0.15) is 0 Å². The second-order valence-electron chi connectivity index (χ2n) is 0.919. The van der Waals surface area contributed by atoms with Crippen LogP contribution in [-0.2, 0) is 0 Å². The second kappa shape index (κ2) is 1.79. The average molecular weight is 109 g/mol. The molecule has 4 heteroatoms. The minimum Gasteiger partial charge on any atom is -0.343 e. The first-order valence-electron chi connectivity index (χ1n) is 1.31. The summed E-state index contributed by atoms with van der Waals surface area (Å²) >= 11 is 4.04. The molecular weight excluding hydrogens is 104 g/mol. The highest BCUT2D eigenvalue weighted by atomic mass is 32.1. The fourth-order valence-corrected chi connectivity index (χ4v) is 0. The molecule has 0 aliphatic rings. The summed E-state index contributed by atoms with van der Waals surface area (Å²) in [5, 5.41) is 23.5. The molecule has 0 atom stereocenters. The van der Waals surface area contributed by atoms with Gasteiger partial charge in [0.1, 0.15) is 0 Å². The van der Waals surface area contributed by atoms with E-state index < -0.39 is 11.7 Å². The van der Waals surface area contributed by atoms with E-state index >= 15 is 0 Å². The zero-order valence-corrected chi connectivity index (χ0v) is 3.77. The quantitative estimate of drug-likeness (QED) is 0.371. The Morgan fingerprint density at radius 1 is 1.33 bits per heavy atom. The van der Waals surface area contributed by atoms with E-state index in [2.05, 4.69) is 12.6 Å². The van der Waals surface area contributed by atoms with Gasteiger partial charge in [0, 0.05) is 0 Å². The molecule has 0 saturated carbocycles. The van der Waals surface area contributed by atoms with E-state index in [1.165, 1.54) is 0 Å². The monoisotopic (exact) mass is 109 g/mol. The molecule has 3 nitrogen and oxygen atoms in total. The third-order valence-electron chi connectivity index (χ3n) is 0.194. The van der Waals surface area contributed by atoms with Gasteiger partial charge in [-0.3, -0.25) is 0 Å². The van der Waals surface area contributed by atoms with E-state index in [-0.39, 0.29) is 0 Å². The van der Waals surface area contributed by atoms with Crippen molar-refractivity contribution in [1.29, 1.82) is 0 Å². The summed E-state index contributed by atoms with van der Waals surface area (Å²) < 4.78 is 0. The molecule has 0 aromatic rings. The average Bonchev–Trinajstić information content (AvgIpc) is 1.35. The molecule has 0 fully saturated rings. The van der Waals surface area contributed by atoms with Crippen molar-refractivity contribution in [3.63, 3.8) is 0 Å². The molecule has 0 amide bonds. The van der Waals surface area contributed by atoms with E-state index in [9.17, 15) is 0 Å². The third kappa shape index (κ3) is 4.23. The van der Waals surface area contributed by atoms with Crippen LogP contribution in [0.15, 0.2) is 0 Å². The summed E-state index contributed by atoms with van der Waals surface area (Å²) in [6.07, 6.45) is 0. The largest absolute Gasteiger partial charge is 0.343 e. The first-order chi connectivity index (χ1) is 2.56. The molecule has 0 saturated heterocycles. The summed E-state index contributed by atoms with van der Waals surface area (Å²) in [4.78, 5) is 0. The van der Waals surface area contributed by atoms with Crippen molar-refractivity contribution in [1.82, 2.24) is 0 Å². The molecule has 0 aromatic heterocycles. The fraction of sp³-hybridized carbons (Fsp3) is 1.00. The zero-order chi connectivity index (χ0) is 5.21. The van der Waals surface area contributed by atoms with E-state index in [1.54, 1.807) is 0 Å². The van der Waals surface area contributed by atoms with Crippen LogP contribution in [0.2, 0.25) is 0 Å². The maximum atomic E-state index is 7.83. The van der Waals surface area contributed by atoms with Crippen molar-refractivity contribution in [3.8, 4) is 0 Å². The van der Waals surface area contributed by atoms with Gasteiger partial charge >= 0.3 is 0 Å². The van der Waals surface area contributed by atoms with Crippen LogP contribution in [0.3, 0.4) is 0 Å². The zero-order valence-electron chi connectivity index (χ0n) is 2.96. The summed E-state index contributed by atoms with van der Waals surface area (Å²) in [5.74, 6) is -3.12. The van der Waals surface area contributed by atoms with Gasteiger partial charge in [-0.1, -0.05) is 12.6 Å². The molecule has 0 aliphatic carbocycles. The molecule has 0 heterocycles. The van der Waals surface area contributed by atoms with Crippen LogP contribution in [0, 0.1) is 0 Å². The highest BCUT2D eigenvalue weighted by molar-refractivity contribution is 7.80. The first kappa shape index (κ1) is 6.23. The van der Waals surface area contributed by atoms with E-state index in [4.69, 9.17) is 15.3 Å². The van der Waals surface area contributed by atoms with Crippen LogP contribution in [0.25, 0.3) is 0 Å². The topological polar surface area (TPSA) is 60.7 Å². The Balaban J connectivity index is 3.17. The van der Waals surface area contributed by atoms with Crippen LogP contribution in [0.4, 0.5) is 0 Å². The molecule has 0 aliphatic heterocycles. The molecule has 6 heavy (non-hydrogen) atoms. The minimum absolute atomic E-state index is 0.479. The van der Waals surface area contributed by atoms with E-state index in [0.717, 1.165) is 0 Å². The molecule has 3 N–H and O–H groups in total. The maximum absolute atomic E-state index is 7.83. The summed E-state index contributed by atoms with van der Waals surface area (Å²) in [7, 11) is 0. The van der Waals surface area contributed by atoms with Crippen LogP contribution < -0.4 is 0 Å². The lowest BCUT2D eigenvalue weighted by molar-refractivity contribution is -0.293.